The van der Waals surface area contributed by atoms with Crippen LogP contribution in [0.5, 0.6) is 0 Å². The molecule has 28 heteroatoms. The van der Waals surface area contributed by atoms with Gasteiger partial charge in [0.2, 0.25) is 47.3 Å². The number of hydrogen-bond acceptors (Lipinski definition) is 15. The molecule has 0 saturated carbocycles. The van der Waals surface area contributed by atoms with Crippen molar-refractivity contribution in [3.8, 4) is 0 Å². The molecule has 1 rings (SSSR count). The average molecular weight is 1050 g/mol. The number of amides is 8. The largest absolute Gasteiger partial charge is 0.480 e. The molecule has 0 aliphatic carbocycles. The van der Waals surface area contributed by atoms with Crippen LogP contribution in [0.1, 0.15) is 96.0 Å². The molecule has 0 fully saturated rings. The summed E-state index contributed by atoms with van der Waals surface area (Å²) < 4.78 is 0. The van der Waals surface area contributed by atoms with Crippen LogP contribution in [-0.4, -0.2) is 158 Å². The summed E-state index contributed by atoms with van der Waals surface area (Å²) in [6, 6.07) is -0.0544. The molecule has 7 atom stereocenters. The van der Waals surface area contributed by atoms with E-state index in [1.54, 1.807) is 30.3 Å². The van der Waals surface area contributed by atoms with E-state index in [0.29, 0.717) is 44.1 Å². The highest BCUT2D eigenvalue weighted by molar-refractivity contribution is 5.97. The summed E-state index contributed by atoms with van der Waals surface area (Å²) in [6.45, 7) is 1.32. The molecule has 0 heterocycles. The van der Waals surface area contributed by atoms with Crippen molar-refractivity contribution >= 4 is 65.1 Å². The van der Waals surface area contributed by atoms with Crippen molar-refractivity contribution in [1.29, 1.82) is 0 Å². The van der Waals surface area contributed by atoms with E-state index in [1.165, 1.54) is 6.92 Å². The molecule has 0 saturated heterocycles. The fraction of sp³-hybridized carbons (Fsp3) is 0.630. The molecule has 1 aromatic rings. The molecule has 25 N–H and O–H groups in total. The van der Waals surface area contributed by atoms with E-state index < -0.39 is 109 Å². The molecule has 0 unspecified atom stereocenters. The van der Waals surface area contributed by atoms with E-state index in [-0.39, 0.29) is 96.0 Å². The quantitative estimate of drug-likeness (QED) is 0.0166. The Bertz CT molecular complexity index is 1990. The molecule has 1 aromatic carbocycles. The fourth-order valence-corrected chi connectivity index (χ4v) is 7.06. The van der Waals surface area contributed by atoms with Gasteiger partial charge in [0.15, 0.2) is 11.9 Å². The van der Waals surface area contributed by atoms with E-state index in [9.17, 15) is 48.3 Å². The van der Waals surface area contributed by atoms with Gasteiger partial charge in [-0.05, 0) is 116 Å². The highest BCUT2D eigenvalue weighted by Gasteiger charge is 2.33. The molecule has 416 valence electrons. The number of carbonyl (C=O) groups is 9. The summed E-state index contributed by atoms with van der Waals surface area (Å²) in [5, 5.41) is 30.5. The van der Waals surface area contributed by atoms with Crippen molar-refractivity contribution in [3.63, 3.8) is 0 Å². The summed E-state index contributed by atoms with van der Waals surface area (Å²) >= 11 is 0. The van der Waals surface area contributed by atoms with Gasteiger partial charge < -0.3 is 93.5 Å². The van der Waals surface area contributed by atoms with Crippen molar-refractivity contribution in [3.05, 3.63) is 35.9 Å². The number of hydrogen-bond donors (Lipinski definition) is 17. The summed E-state index contributed by atoms with van der Waals surface area (Å²) in [7, 11) is 0. The first-order chi connectivity index (χ1) is 35.2. The maximum atomic E-state index is 14.3. The van der Waals surface area contributed by atoms with Crippen molar-refractivity contribution in [2.75, 3.05) is 45.8 Å². The van der Waals surface area contributed by atoms with E-state index in [0.717, 1.165) is 0 Å². The van der Waals surface area contributed by atoms with Crippen LogP contribution in [0, 0.1) is 0 Å². The normalized spacial score (nSPS) is 13.6. The zero-order valence-electron chi connectivity index (χ0n) is 42.4. The van der Waals surface area contributed by atoms with Crippen LogP contribution in [-0.2, 0) is 49.6 Å². The van der Waals surface area contributed by atoms with E-state index in [4.69, 9.17) is 45.9 Å². The number of rotatable bonds is 39. The van der Waals surface area contributed by atoms with Crippen molar-refractivity contribution in [1.82, 2.24) is 42.5 Å². The fourth-order valence-electron chi connectivity index (χ4n) is 7.06. The number of carboxylic acid groups (broad SMARTS) is 1. The van der Waals surface area contributed by atoms with Crippen molar-refractivity contribution < 1.29 is 48.3 Å². The smallest absolute Gasteiger partial charge is 0.326 e. The van der Waals surface area contributed by atoms with Crippen molar-refractivity contribution in [2.45, 2.75) is 139 Å². The molecule has 0 aromatic heterocycles. The van der Waals surface area contributed by atoms with Gasteiger partial charge in [-0.2, -0.15) is 0 Å². The molecule has 0 spiro atoms. The third-order valence-corrected chi connectivity index (χ3v) is 11.1. The first kappa shape index (κ1) is 64.8. The second-order valence-electron chi connectivity index (χ2n) is 17.5. The molecule has 8 amide bonds. The third kappa shape index (κ3) is 28.8. The minimum atomic E-state index is -1.35. The molecule has 0 radical (unpaired) electrons. The number of aliphatic carboxylic acids is 1. The number of carboxylic acids is 1. The molecule has 0 bridgehead atoms. The first-order valence-corrected chi connectivity index (χ1v) is 24.8. The lowest BCUT2D eigenvalue weighted by Gasteiger charge is -2.28. The van der Waals surface area contributed by atoms with Crippen LogP contribution < -0.4 is 88.4 Å². The summed E-state index contributed by atoms with van der Waals surface area (Å²) in [5.41, 5.74) is 45.4. The SMILES string of the molecule is C[C@H](N)C(=O)NCC(=O)NCC(=O)N[C@@H](CCCCN)C(=O)N[C@@H](CCCN=C(N)N)C(=O)N[C@@H](CCCCN)C(=O)N[C@@H](CCCN=C(N)N)C(=O)N[C@@H](CCCCN)C(=O)N[C@@H](Cc1ccccc1)C(=O)O. The predicted molar refractivity (Wildman–Crippen MR) is 278 cm³/mol. The van der Waals surface area contributed by atoms with Crippen LogP contribution in [0.15, 0.2) is 40.3 Å². The van der Waals surface area contributed by atoms with Gasteiger partial charge in [-0.1, -0.05) is 30.3 Å². The van der Waals surface area contributed by atoms with Crippen LogP contribution >= 0.6 is 0 Å². The lowest BCUT2D eigenvalue weighted by molar-refractivity contribution is -0.142. The Morgan fingerprint density at radius 3 is 1.18 bits per heavy atom. The van der Waals surface area contributed by atoms with Crippen LogP contribution in [0.2, 0.25) is 0 Å². The van der Waals surface area contributed by atoms with E-state index in [2.05, 4.69) is 52.5 Å². The van der Waals surface area contributed by atoms with Gasteiger partial charge in [0, 0.05) is 19.5 Å². The molecule has 28 nitrogen and oxygen atoms in total. The number of nitrogens with zero attached hydrogens (tertiary/aromatic N) is 2. The van der Waals surface area contributed by atoms with Gasteiger partial charge in [-0.25, -0.2) is 4.79 Å². The van der Waals surface area contributed by atoms with Gasteiger partial charge in [0.1, 0.15) is 36.3 Å². The monoisotopic (exact) mass is 1050 g/mol. The maximum absolute atomic E-state index is 14.3. The minimum Gasteiger partial charge on any atom is -0.480 e. The van der Waals surface area contributed by atoms with Gasteiger partial charge in [0.05, 0.1) is 19.1 Å². The number of nitrogens with two attached hydrogens (primary N) is 8. The third-order valence-electron chi connectivity index (χ3n) is 11.1. The molecular weight excluding hydrogens is 965 g/mol. The topological polar surface area (TPSA) is 503 Å². The molecule has 0 aliphatic heterocycles. The number of carbonyl (C=O) groups excluding carboxylic acids is 8. The molecular formula is C46H82N18O10. The average Bonchev–Trinajstić information content (AvgIpc) is 3.35. The van der Waals surface area contributed by atoms with Gasteiger partial charge in [-0.15, -0.1) is 0 Å². The Morgan fingerprint density at radius 2 is 0.824 bits per heavy atom. The van der Waals surface area contributed by atoms with Crippen LogP contribution in [0.3, 0.4) is 0 Å². The Kier molecular flexibility index (Phi) is 32.9. The van der Waals surface area contributed by atoms with Crippen molar-refractivity contribution in [2.24, 2.45) is 55.9 Å². The first-order valence-electron chi connectivity index (χ1n) is 24.8. The second kappa shape index (κ2) is 37.6. The number of unbranched alkanes of at least 4 members (excludes halogenated alkanes) is 3. The Hall–Kier alpha value is -7.17. The lowest BCUT2D eigenvalue weighted by Crippen LogP contribution is -2.59. The number of benzene rings is 1. The standard InChI is InChI=1S/C46H82N18O10/c1-28(50)38(67)58-26-36(65)57-27-37(66)59-30(15-5-8-20-47)39(68)62-33(18-11-23-55-45(51)52)41(70)60-31(16-6-9-21-48)40(69)63-34(19-12-24-56-46(53)54)42(71)61-32(17-7-10-22-49)43(72)64-35(44(73)74)25-29-13-3-2-4-14-29/h2-4,13-14,28,30-35H,5-12,15-27,47-50H2,1H3,(H,57,65)(H,58,67)(H,59,66)(H,60,70)(H,61,71)(H,62,68)(H,63,69)(H,64,72)(H,73,74)(H4,51,52,55)(H4,53,54,56)/t28-,30-,31-,32-,33-,34-,35-/m0/s1. The number of guanidine groups is 2. The Balaban J connectivity index is 3.51. The summed E-state index contributed by atoms with van der Waals surface area (Å²) in [6.07, 6.45) is 2.81. The molecule has 0 aliphatic rings. The second-order valence-corrected chi connectivity index (χ2v) is 17.5. The van der Waals surface area contributed by atoms with Gasteiger partial charge >= 0.3 is 5.97 Å². The van der Waals surface area contributed by atoms with Crippen LogP contribution in [0.4, 0.5) is 0 Å². The highest BCUT2D eigenvalue weighted by Crippen LogP contribution is 2.11. The van der Waals surface area contributed by atoms with E-state index in [1.807, 2.05) is 0 Å². The van der Waals surface area contributed by atoms with Crippen LogP contribution in [0.25, 0.3) is 0 Å². The Morgan fingerprint density at radius 1 is 0.473 bits per heavy atom. The summed E-state index contributed by atoms with van der Waals surface area (Å²) in [4.78, 5) is 128. The van der Waals surface area contributed by atoms with E-state index >= 15 is 0 Å². The highest BCUT2D eigenvalue weighted by atomic mass is 16.4. The van der Waals surface area contributed by atoms with Gasteiger partial charge in [-0.3, -0.25) is 48.3 Å². The number of nitrogens with one attached hydrogen (secondary N) is 8. The zero-order valence-corrected chi connectivity index (χ0v) is 42.4. The lowest BCUT2D eigenvalue weighted by atomic mass is 10.0. The van der Waals surface area contributed by atoms with Gasteiger partial charge in [0.25, 0.3) is 0 Å². The number of aliphatic imine (C=N–C) groups is 2. The molecule has 74 heavy (non-hydrogen) atoms. The Labute approximate surface area is 431 Å². The maximum Gasteiger partial charge on any atom is 0.326 e. The predicted octanol–water partition coefficient (Wildman–Crippen LogP) is -5.70. The summed E-state index contributed by atoms with van der Waals surface area (Å²) in [5.74, 6) is -7.78. The zero-order chi connectivity index (χ0) is 55.4. The minimum absolute atomic E-state index is 0.0201.